The molecule has 1 aromatic heterocycles. The van der Waals surface area contributed by atoms with Crippen LogP contribution < -0.4 is 0 Å². The van der Waals surface area contributed by atoms with Crippen molar-refractivity contribution in [3.63, 3.8) is 0 Å². The Hall–Kier alpha value is -1.61. The second-order valence-corrected chi connectivity index (χ2v) is 8.47. The van der Waals surface area contributed by atoms with Crippen LogP contribution in [-0.4, -0.2) is 34.3 Å². The zero-order chi connectivity index (χ0) is 19.8. The molecule has 1 saturated carbocycles. The lowest BCUT2D eigenvalue weighted by atomic mass is 9.79. The van der Waals surface area contributed by atoms with Crippen LogP contribution in [0, 0.1) is 5.95 Å². The minimum absolute atomic E-state index is 0.0934. The van der Waals surface area contributed by atoms with E-state index in [1.165, 1.54) is 6.07 Å². The molecule has 2 heterocycles. The number of hydrogen-bond donors (Lipinski definition) is 0. The van der Waals surface area contributed by atoms with Crippen molar-refractivity contribution in [2.45, 2.75) is 69.8 Å². The van der Waals surface area contributed by atoms with E-state index in [-0.39, 0.29) is 29.8 Å². The van der Waals surface area contributed by atoms with Gasteiger partial charge in [0.25, 0.3) is 0 Å². The van der Waals surface area contributed by atoms with Gasteiger partial charge < -0.3 is 9.31 Å². The van der Waals surface area contributed by atoms with Crippen molar-refractivity contribution in [3.05, 3.63) is 29.7 Å². The molecular weight excluding hydrogens is 363 g/mol. The van der Waals surface area contributed by atoms with E-state index >= 15 is 0 Å². The molecule has 1 aromatic carbocycles. The molecule has 27 heavy (non-hydrogen) atoms. The van der Waals surface area contributed by atoms with Gasteiger partial charge >= 0.3 is 13.3 Å². The van der Waals surface area contributed by atoms with Gasteiger partial charge in [0.1, 0.15) is 6.54 Å². The monoisotopic (exact) mass is 384 g/mol. The van der Waals surface area contributed by atoms with Gasteiger partial charge in [-0.3, -0.25) is 4.68 Å². The third-order valence-electron chi connectivity index (χ3n) is 5.95. The lowest BCUT2D eigenvalue weighted by molar-refractivity contribution is -0.142. The zero-order valence-corrected chi connectivity index (χ0v) is 15.6. The van der Waals surface area contributed by atoms with Gasteiger partial charge in [0.2, 0.25) is 5.95 Å². The van der Waals surface area contributed by atoms with E-state index in [1.807, 2.05) is 27.7 Å². The molecule has 1 aliphatic heterocycles. The second-order valence-electron chi connectivity index (χ2n) is 8.47. The first-order valence-corrected chi connectivity index (χ1v) is 8.96. The fourth-order valence-electron chi connectivity index (χ4n) is 3.63. The van der Waals surface area contributed by atoms with Gasteiger partial charge in [0.05, 0.1) is 22.1 Å². The van der Waals surface area contributed by atoms with Gasteiger partial charge in [-0.25, -0.2) is 0 Å². The van der Waals surface area contributed by atoms with E-state index in [0.717, 1.165) is 12.0 Å². The molecule has 2 aliphatic rings. The summed E-state index contributed by atoms with van der Waals surface area (Å²) < 4.78 is 64.9. The summed E-state index contributed by atoms with van der Waals surface area (Å²) in [6.07, 6.45) is -3.65. The maximum absolute atomic E-state index is 13.9. The molecule has 0 spiro atoms. The maximum Gasteiger partial charge on any atom is 0.461 e. The Morgan fingerprint density at radius 2 is 1.81 bits per heavy atom. The Morgan fingerprint density at radius 1 is 1.19 bits per heavy atom. The number of rotatable bonds is 3. The number of halogens is 4. The van der Waals surface area contributed by atoms with Crippen LogP contribution in [0.15, 0.2) is 18.2 Å². The largest absolute Gasteiger partial charge is 0.461 e. The average molecular weight is 384 g/mol. The van der Waals surface area contributed by atoms with E-state index < -0.39 is 29.9 Å². The van der Waals surface area contributed by atoms with Gasteiger partial charge in [-0.2, -0.15) is 17.6 Å². The van der Waals surface area contributed by atoms with E-state index in [0.29, 0.717) is 4.68 Å². The molecule has 0 bridgehead atoms. The molecule has 4 nitrogen and oxygen atoms in total. The zero-order valence-electron chi connectivity index (χ0n) is 15.6. The summed E-state index contributed by atoms with van der Waals surface area (Å²) in [6.45, 7) is 6.61. The smallest absolute Gasteiger partial charge is 0.403 e. The number of alkyl halides is 3. The first-order valence-electron chi connectivity index (χ1n) is 8.96. The second kappa shape index (κ2) is 5.70. The summed E-state index contributed by atoms with van der Waals surface area (Å²) >= 11 is 0. The Morgan fingerprint density at radius 3 is 2.41 bits per heavy atom. The van der Waals surface area contributed by atoms with Crippen LogP contribution in [-0.2, 0) is 15.9 Å². The third-order valence-corrected chi connectivity index (χ3v) is 5.95. The van der Waals surface area contributed by atoms with E-state index in [2.05, 4.69) is 5.10 Å². The van der Waals surface area contributed by atoms with Crippen molar-refractivity contribution in [2.75, 3.05) is 0 Å². The molecule has 2 fully saturated rings. The van der Waals surface area contributed by atoms with Crippen molar-refractivity contribution in [2.24, 2.45) is 0 Å². The summed E-state index contributed by atoms with van der Waals surface area (Å²) in [5.74, 6) is -0.646. The Bertz CT molecular complexity index is 877. The van der Waals surface area contributed by atoms with Crippen molar-refractivity contribution in [3.8, 4) is 0 Å². The lowest BCUT2D eigenvalue weighted by Gasteiger charge is -2.32. The molecule has 146 valence electrons. The molecule has 0 N–H and O–H groups in total. The molecule has 1 aliphatic carbocycles. The van der Waals surface area contributed by atoms with Gasteiger partial charge in [-0.15, -0.1) is 5.10 Å². The highest BCUT2D eigenvalue weighted by Crippen LogP contribution is 2.58. The molecular formula is C18H21BF4N2O2. The first-order chi connectivity index (χ1) is 12.4. The summed E-state index contributed by atoms with van der Waals surface area (Å²) in [7, 11) is -0.354. The third kappa shape index (κ3) is 3.25. The molecule has 0 amide bonds. The van der Waals surface area contributed by atoms with Crippen LogP contribution in [0.1, 0.15) is 45.6 Å². The van der Waals surface area contributed by atoms with Crippen molar-refractivity contribution in [1.82, 2.24) is 9.78 Å². The summed E-state index contributed by atoms with van der Waals surface area (Å²) in [6, 6.07) is 4.85. The summed E-state index contributed by atoms with van der Waals surface area (Å²) in [5.41, 5.74) is 0.152. The van der Waals surface area contributed by atoms with Crippen LogP contribution in [0.25, 0.3) is 10.9 Å². The molecule has 2 atom stereocenters. The van der Waals surface area contributed by atoms with Gasteiger partial charge in [-0.05, 0) is 57.7 Å². The minimum Gasteiger partial charge on any atom is -0.403 e. The minimum atomic E-state index is -4.47. The van der Waals surface area contributed by atoms with Crippen LogP contribution in [0.2, 0.25) is 5.82 Å². The highest BCUT2D eigenvalue weighted by atomic mass is 19.4. The fourth-order valence-corrected chi connectivity index (χ4v) is 3.63. The van der Waals surface area contributed by atoms with Gasteiger partial charge in [0.15, 0.2) is 0 Å². The Balaban J connectivity index is 1.58. The highest BCUT2D eigenvalue weighted by molar-refractivity contribution is 6.49. The summed E-state index contributed by atoms with van der Waals surface area (Å²) in [4.78, 5) is 0. The Kier molecular flexibility index (Phi) is 3.96. The fraction of sp³-hybridized carbons (Fsp3) is 0.611. The molecule has 0 radical (unpaired) electrons. The van der Waals surface area contributed by atoms with Crippen LogP contribution in [0.3, 0.4) is 0 Å². The molecule has 1 saturated heterocycles. The SMILES string of the molecule is CC1(C)OB(C2CC2c2ccc3c(F)nn(CC(F)(F)F)c3c2)OC1(C)C. The first kappa shape index (κ1) is 18.7. The number of hydrogen-bond acceptors (Lipinski definition) is 3. The van der Waals surface area contributed by atoms with Crippen molar-refractivity contribution < 1.29 is 26.9 Å². The van der Waals surface area contributed by atoms with Crippen LogP contribution >= 0.6 is 0 Å². The van der Waals surface area contributed by atoms with Crippen LogP contribution in [0.4, 0.5) is 17.6 Å². The molecule has 2 unspecified atom stereocenters. The summed E-state index contributed by atoms with van der Waals surface area (Å²) in [5, 5.41) is 3.50. The predicted molar refractivity (Wildman–Crippen MR) is 92.9 cm³/mol. The van der Waals surface area contributed by atoms with E-state index in [4.69, 9.17) is 9.31 Å². The topological polar surface area (TPSA) is 36.3 Å². The number of benzene rings is 1. The maximum atomic E-state index is 13.9. The molecule has 9 heteroatoms. The van der Waals surface area contributed by atoms with Crippen LogP contribution in [0.5, 0.6) is 0 Å². The highest BCUT2D eigenvalue weighted by Gasteiger charge is 2.59. The van der Waals surface area contributed by atoms with E-state index in [9.17, 15) is 17.6 Å². The van der Waals surface area contributed by atoms with E-state index in [1.54, 1.807) is 12.1 Å². The van der Waals surface area contributed by atoms with Crippen molar-refractivity contribution in [1.29, 1.82) is 0 Å². The standard InChI is InChI=1S/C18H21BF4N2O2/c1-16(2)17(3,4)27-19(26-16)13-8-12(13)10-5-6-11-14(7-10)25(24-15(11)20)9-18(21,22)23/h5-7,12-13H,8-9H2,1-4H3. The predicted octanol–water partition coefficient (Wildman–Crippen LogP) is 4.69. The Labute approximate surface area is 155 Å². The normalized spacial score (nSPS) is 26.7. The quantitative estimate of drug-likeness (QED) is 0.569. The lowest BCUT2D eigenvalue weighted by Crippen LogP contribution is -2.41. The number of aromatic nitrogens is 2. The molecule has 2 aromatic rings. The molecule has 4 rings (SSSR count). The average Bonchev–Trinajstić information content (AvgIpc) is 3.21. The number of nitrogens with zero attached hydrogens (tertiary/aromatic N) is 2. The van der Waals surface area contributed by atoms with Gasteiger partial charge in [-0.1, -0.05) is 6.07 Å². The van der Waals surface area contributed by atoms with Crippen molar-refractivity contribution >= 4 is 18.0 Å². The number of fused-ring (bicyclic) bond motifs is 1. The van der Waals surface area contributed by atoms with Gasteiger partial charge in [0, 0.05) is 5.82 Å².